The average Bonchev–Trinajstić information content (AvgIpc) is 3.09. The highest BCUT2D eigenvalue weighted by Crippen LogP contribution is 2.32. The Morgan fingerprint density at radius 3 is 2.68 bits per heavy atom. The van der Waals surface area contributed by atoms with Gasteiger partial charge in [0, 0.05) is 10.0 Å². The lowest BCUT2D eigenvalue weighted by Crippen LogP contribution is -2.34. The number of fused-ring (bicyclic) bond motifs is 1. The van der Waals surface area contributed by atoms with Crippen molar-refractivity contribution in [3.63, 3.8) is 0 Å². The summed E-state index contributed by atoms with van der Waals surface area (Å²) in [6.07, 6.45) is 1.52. The summed E-state index contributed by atoms with van der Waals surface area (Å²) < 4.78 is 11.4. The fraction of sp³-hybridized carbons (Fsp3) is 0.118. The SMILES string of the molecule is O=C(CNC(=O)c1ccc2c(c1)OCO2)NN=Cc1ccc(Br)cc1. The summed E-state index contributed by atoms with van der Waals surface area (Å²) >= 11 is 3.34. The lowest BCUT2D eigenvalue weighted by Gasteiger charge is -2.05. The predicted octanol–water partition coefficient (Wildman–Crippen LogP) is 2.06. The Labute approximate surface area is 152 Å². The summed E-state index contributed by atoms with van der Waals surface area (Å²) in [6.45, 7) is -0.0515. The van der Waals surface area contributed by atoms with Crippen LogP contribution in [0.5, 0.6) is 11.5 Å². The van der Waals surface area contributed by atoms with Gasteiger partial charge >= 0.3 is 0 Å². The minimum absolute atomic E-state index is 0.138. The Kier molecular flexibility index (Phi) is 5.30. The van der Waals surface area contributed by atoms with Crippen LogP contribution >= 0.6 is 15.9 Å². The number of carbonyl (C=O) groups is 2. The monoisotopic (exact) mass is 403 g/mol. The van der Waals surface area contributed by atoms with Crippen molar-refractivity contribution in [2.24, 2.45) is 5.10 Å². The van der Waals surface area contributed by atoms with E-state index in [1.807, 2.05) is 24.3 Å². The molecule has 0 aromatic heterocycles. The first-order chi connectivity index (χ1) is 12.1. The van der Waals surface area contributed by atoms with Crippen molar-refractivity contribution in [1.29, 1.82) is 0 Å². The van der Waals surface area contributed by atoms with Crippen molar-refractivity contribution in [2.45, 2.75) is 0 Å². The zero-order valence-corrected chi connectivity index (χ0v) is 14.6. The highest BCUT2D eigenvalue weighted by Gasteiger charge is 2.16. The van der Waals surface area contributed by atoms with Gasteiger partial charge in [0.05, 0.1) is 12.8 Å². The van der Waals surface area contributed by atoms with Crippen LogP contribution < -0.4 is 20.2 Å². The minimum atomic E-state index is -0.428. The number of hydrogen-bond donors (Lipinski definition) is 2. The molecule has 0 saturated carbocycles. The maximum Gasteiger partial charge on any atom is 0.259 e. The first-order valence-corrected chi connectivity index (χ1v) is 8.16. The number of amides is 2. The van der Waals surface area contributed by atoms with Gasteiger partial charge in [-0.3, -0.25) is 9.59 Å². The van der Waals surface area contributed by atoms with Crippen molar-refractivity contribution in [1.82, 2.24) is 10.7 Å². The van der Waals surface area contributed by atoms with Crippen LogP contribution in [-0.4, -0.2) is 31.4 Å². The van der Waals surface area contributed by atoms with Gasteiger partial charge in [0.1, 0.15) is 0 Å². The van der Waals surface area contributed by atoms with Gasteiger partial charge < -0.3 is 14.8 Å². The third-order valence-corrected chi connectivity index (χ3v) is 3.85. The first kappa shape index (κ1) is 17.0. The second-order valence-corrected chi connectivity index (χ2v) is 6.01. The molecular formula is C17H14BrN3O4. The molecule has 1 aliphatic heterocycles. The fourth-order valence-electron chi connectivity index (χ4n) is 2.07. The molecule has 2 aromatic rings. The average molecular weight is 404 g/mol. The molecule has 1 aliphatic rings. The number of rotatable bonds is 5. The molecule has 2 aromatic carbocycles. The Morgan fingerprint density at radius 2 is 1.88 bits per heavy atom. The maximum atomic E-state index is 12.0. The smallest absolute Gasteiger partial charge is 0.259 e. The second-order valence-electron chi connectivity index (χ2n) is 5.10. The normalized spacial score (nSPS) is 12.2. The van der Waals surface area contributed by atoms with Gasteiger partial charge in [-0.2, -0.15) is 5.10 Å². The molecule has 25 heavy (non-hydrogen) atoms. The molecule has 0 aliphatic carbocycles. The Morgan fingerprint density at radius 1 is 1.12 bits per heavy atom. The van der Waals surface area contributed by atoms with E-state index in [4.69, 9.17) is 9.47 Å². The molecule has 0 atom stereocenters. The van der Waals surface area contributed by atoms with Gasteiger partial charge in [0.25, 0.3) is 11.8 Å². The van der Waals surface area contributed by atoms with Gasteiger partial charge in [-0.1, -0.05) is 28.1 Å². The summed E-state index contributed by atoms with van der Waals surface area (Å²) in [5.74, 6) is 0.292. The third-order valence-electron chi connectivity index (χ3n) is 3.32. The van der Waals surface area contributed by atoms with Crippen LogP contribution in [0.4, 0.5) is 0 Å². The van der Waals surface area contributed by atoms with E-state index in [0.29, 0.717) is 17.1 Å². The highest BCUT2D eigenvalue weighted by atomic mass is 79.9. The predicted molar refractivity (Wildman–Crippen MR) is 94.8 cm³/mol. The molecule has 2 amide bonds. The number of hydrazone groups is 1. The molecule has 1 heterocycles. The van der Waals surface area contributed by atoms with E-state index >= 15 is 0 Å². The molecule has 0 spiro atoms. The standard InChI is InChI=1S/C17H14BrN3O4/c18-13-4-1-11(2-5-13)8-20-21-16(22)9-19-17(23)12-3-6-14-15(7-12)25-10-24-14/h1-8H,9-10H2,(H,19,23)(H,21,22). The van der Waals surface area contributed by atoms with Crippen molar-refractivity contribution in [3.05, 3.63) is 58.1 Å². The fourth-order valence-corrected chi connectivity index (χ4v) is 2.33. The van der Waals surface area contributed by atoms with Crippen LogP contribution in [0.3, 0.4) is 0 Å². The number of ether oxygens (including phenoxy) is 2. The molecule has 3 rings (SSSR count). The molecular weight excluding hydrogens is 390 g/mol. The van der Waals surface area contributed by atoms with Crippen LogP contribution in [0.25, 0.3) is 0 Å². The zero-order chi connectivity index (χ0) is 17.6. The van der Waals surface area contributed by atoms with Crippen LogP contribution in [-0.2, 0) is 4.79 Å². The Bertz CT molecular complexity index is 821. The number of benzene rings is 2. The van der Waals surface area contributed by atoms with Gasteiger partial charge in [0.15, 0.2) is 11.5 Å². The molecule has 7 nitrogen and oxygen atoms in total. The lowest BCUT2D eigenvalue weighted by atomic mass is 10.2. The molecule has 128 valence electrons. The largest absolute Gasteiger partial charge is 0.454 e. The van der Waals surface area contributed by atoms with Crippen LogP contribution in [0, 0.1) is 0 Å². The summed E-state index contributed by atoms with van der Waals surface area (Å²) in [7, 11) is 0. The molecule has 0 bridgehead atoms. The molecule has 0 radical (unpaired) electrons. The first-order valence-electron chi connectivity index (χ1n) is 7.37. The number of nitrogens with zero attached hydrogens (tertiary/aromatic N) is 1. The van der Waals surface area contributed by atoms with Gasteiger partial charge in [-0.25, -0.2) is 5.43 Å². The number of halogens is 1. The van der Waals surface area contributed by atoms with Gasteiger partial charge in [-0.15, -0.1) is 0 Å². The van der Waals surface area contributed by atoms with Crippen LogP contribution in [0.15, 0.2) is 52.0 Å². The minimum Gasteiger partial charge on any atom is -0.454 e. The van der Waals surface area contributed by atoms with E-state index in [0.717, 1.165) is 10.0 Å². The molecule has 0 unspecified atom stereocenters. The lowest BCUT2D eigenvalue weighted by molar-refractivity contribution is -0.120. The molecule has 0 saturated heterocycles. The van der Waals surface area contributed by atoms with Gasteiger partial charge in [-0.05, 0) is 35.9 Å². The zero-order valence-electron chi connectivity index (χ0n) is 13.0. The summed E-state index contributed by atoms with van der Waals surface area (Å²) in [6, 6.07) is 12.3. The van der Waals surface area contributed by atoms with E-state index in [9.17, 15) is 9.59 Å². The van der Waals surface area contributed by atoms with Crippen LogP contribution in [0.1, 0.15) is 15.9 Å². The third kappa shape index (κ3) is 4.57. The Balaban J connectivity index is 1.47. The molecule has 0 fully saturated rings. The number of hydrogen-bond acceptors (Lipinski definition) is 5. The van der Waals surface area contributed by atoms with E-state index in [-0.39, 0.29) is 19.2 Å². The van der Waals surface area contributed by atoms with Crippen molar-refractivity contribution in [2.75, 3.05) is 13.3 Å². The van der Waals surface area contributed by atoms with Gasteiger partial charge in [0.2, 0.25) is 6.79 Å². The van der Waals surface area contributed by atoms with Crippen molar-refractivity contribution < 1.29 is 19.1 Å². The van der Waals surface area contributed by atoms with Crippen molar-refractivity contribution in [3.8, 4) is 11.5 Å². The summed E-state index contributed by atoms with van der Waals surface area (Å²) in [4.78, 5) is 23.8. The van der Waals surface area contributed by atoms with E-state index in [1.165, 1.54) is 6.21 Å². The molecule has 8 heteroatoms. The topological polar surface area (TPSA) is 89.0 Å². The second kappa shape index (κ2) is 7.80. The molecule has 2 N–H and O–H groups in total. The van der Waals surface area contributed by atoms with Crippen molar-refractivity contribution >= 4 is 34.0 Å². The van der Waals surface area contributed by atoms with Crippen LogP contribution in [0.2, 0.25) is 0 Å². The van der Waals surface area contributed by atoms with E-state index < -0.39 is 5.91 Å². The number of nitrogens with one attached hydrogen (secondary N) is 2. The summed E-state index contributed by atoms with van der Waals surface area (Å²) in [5, 5.41) is 6.36. The highest BCUT2D eigenvalue weighted by molar-refractivity contribution is 9.10. The number of carbonyl (C=O) groups excluding carboxylic acids is 2. The quantitative estimate of drug-likeness (QED) is 0.590. The van der Waals surface area contributed by atoms with E-state index in [1.54, 1.807) is 18.2 Å². The van der Waals surface area contributed by atoms with E-state index in [2.05, 4.69) is 31.8 Å². The Hall–Kier alpha value is -2.87. The summed E-state index contributed by atoms with van der Waals surface area (Å²) in [5.41, 5.74) is 3.58. The maximum absolute atomic E-state index is 12.0.